The summed E-state index contributed by atoms with van der Waals surface area (Å²) in [4.78, 5) is 28.3. The first-order valence-electron chi connectivity index (χ1n) is 10.9. The molecule has 0 aliphatic carbocycles. The first-order valence-corrected chi connectivity index (χ1v) is 13.9. The van der Waals surface area contributed by atoms with Crippen LogP contribution in [0.5, 0.6) is 11.5 Å². The maximum atomic E-state index is 12.9. The smallest absolute Gasteiger partial charge is 0.269 e. The number of hydrogen-bond acceptors (Lipinski definition) is 9. The average molecular weight is 547 g/mol. The van der Waals surface area contributed by atoms with Crippen molar-refractivity contribution in [3.8, 4) is 11.5 Å². The van der Waals surface area contributed by atoms with E-state index in [0.29, 0.717) is 15.8 Å². The van der Waals surface area contributed by atoms with Crippen LogP contribution in [0.3, 0.4) is 0 Å². The molecule has 0 bridgehead atoms. The van der Waals surface area contributed by atoms with Crippen molar-refractivity contribution >= 4 is 31.9 Å². The Morgan fingerprint density at radius 3 is 2.32 bits per heavy atom. The zero-order valence-corrected chi connectivity index (χ0v) is 20.8. The minimum absolute atomic E-state index is 0.0456. The van der Waals surface area contributed by atoms with E-state index in [1.54, 1.807) is 18.2 Å². The summed E-state index contributed by atoms with van der Waals surface area (Å²) in [5.41, 5.74) is 1.45. The lowest BCUT2D eigenvalue weighted by molar-refractivity contribution is -0.131. The van der Waals surface area contributed by atoms with Gasteiger partial charge >= 0.3 is 0 Å². The molecular weight excluding hydrogens is 524 g/mol. The van der Waals surface area contributed by atoms with Crippen LogP contribution in [0, 0.1) is 0 Å². The summed E-state index contributed by atoms with van der Waals surface area (Å²) in [5.74, 6) is -0.870. The second-order valence-corrected chi connectivity index (χ2v) is 11.5. The second-order valence-electron chi connectivity index (χ2n) is 7.93. The van der Waals surface area contributed by atoms with Crippen molar-refractivity contribution in [3.63, 3.8) is 0 Å². The van der Waals surface area contributed by atoms with Crippen LogP contribution in [0.4, 0.5) is 0 Å². The standard InChI is InChI=1S/C23H22N4O8S2/c28-22(25-30)20(5-3-15-27-23(29)19-4-1-2-6-21(19)37(27,33)34)26-36(31,32)18-9-7-16(8-10-18)35-17-11-13-24-14-12-17/h1-2,4,6-14,20,26,30H,3,5,15H2,(H,25,28)/t20-/m1/s1. The van der Waals surface area contributed by atoms with Crippen LogP contribution in [0.2, 0.25) is 0 Å². The van der Waals surface area contributed by atoms with Gasteiger partial charge in [0.1, 0.15) is 22.4 Å². The van der Waals surface area contributed by atoms with Crippen LogP contribution in [-0.4, -0.2) is 55.7 Å². The fraction of sp³-hybridized carbons (Fsp3) is 0.174. The summed E-state index contributed by atoms with van der Waals surface area (Å²) < 4.78 is 59.6. The molecule has 2 amide bonds. The quantitative estimate of drug-likeness (QED) is 0.252. The Labute approximate surface area is 213 Å². The highest BCUT2D eigenvalue weighted by Crippen LogP contribution is 2.30. The van der Waals surface area contributed by atoms with E-state index in [-0.39, 0.29) is 34.7 Å². The zero-order valence-electron chi connectivity index (χ0n) is 19.1. The molecule has 1 aromatic heterocycles. The number of hydroxylamine groups is 1. The SMILES string of the molecule is O=C(NO)[C@@H](CCCN1C(=O)c2ccccc2S1(=O)=O)NS(=O)(=O)c1ccc(Oc2ccncc2)cc1. The van der Waals surface area contributed by atoms with E-state index in [2.05, 4.69) is 9.71 Å². The van der Waals surface area contributed by atoms with Crippen molar-refractivity contribution < 1.29 is 36.4 Å². The fourth-order valence-corrected chi connectivity index (χ4v) is 6.53. The van der Waals surface area contributed by atoms with E-state index in [1.165, 1.54) is 60.3 Å². The Kier molecular flexibility index (Phi) is 7.54. The second kappa shape index (κ2) is 10.6. The number of nitrogens with zero attached hydrogens (tertiary/aromatic N) is 2. The molecule has 194 valence electrons. The molecule has 37 heavy (non-hydrogen) atoms. The lowest BCUT2D eigenvalue weighted by Crippen LogP contribution is -2.46. The number of nitrogens with one attached hydrogen (secondary N) is 2. The van der Waals surface area contributed by atoms with Crippen molar-refractivity contribution in [2.24, 2.45) is 0 Å². The van der Waals surface area contributed by atoms with Gasteiger partial charge in [-0.15, -0.1) is 0 Å². The van der Waals surface area contributed by atoms with Gasteiger partial charge in [-0.3, -0.25) is 19.8 Å². The Bertz CT molecular complexity index is 1510. The monoisotopic (exact) mass is 546 g/mol. The Morgan fingerprint density at radius 2 is 1.68 bits per heavy atom. The lowest BCUT2D eigenvalue weighted by Gasteiger charge is -2.19. The number of fused-ring (bicyclic) bond motifs is 1. The highest BCUT2D eigenvalue weighted by molar-refractivity contribution is 7.90. The number of sulfonamides is 2. The van der Waals surface area contributed by atoms with Gasteiger partial charge in [0, 0.05) is 18.9 Å². The van der Waals surface area contributed by atoms with Crippen LogP contribution in [0.25, 0.3) is 0 Å². The van der Waals surface area contributed by atoms with Crippen molar-refractivity contribution in [2.45, 2.75) is 28.7 Å². The molecule has 0 fully saturated rings. The van der Waals surface area contributed by atoms with Gasteiger partial charge in [-0.25, -0.2) is 26.6 Å². The molecule has 3 N–H and O–H groups in total. The Hall–Kier alpha value is -3.85. The summed E-state index contributed by atoms with van der Waals surface area (Å²) in [5, 5.41) is 9.09. The average Bonchev–Trinajstić information content (AvgIpc) is 3.09. The minimum atomic E-state index is -4.22. The third-order valence-corrected chi connectivity index (χ3v) is 8.84. The van der Waals surface area contributed by atoms with Gasteiger partial charge in [0.15, 0.2) is 0 Å². The van der Waals surface area contributed by atoms with E-state index in [1.807, 2.05) is 0 Å². The molecule has 1 aliphatic rings. The first kappa shape index (κ1) is 26.2. The summed E-state index contributed by atoms with van der Waals surface area (Å²) in [6.07, 6.45) is 2.82. The number of amides is 2. The van der Waals surface area contributed by atoms with E-state index in [0.717, 1.165) is 0 Å². The zero-order chi connectivity index (χ0) is 26.6. The number of aromatic nitrogens is 1. The van der Waals surface area contributed by atoms with Gasteiger partial charge in [-0.1, -0.05) is 12.1 Å². The van der Waals surface area contributed by atoms with E-state index in [9.17, 15) is 26.4 Å². The molecule has 0 unspecified atom stereocenters. The predicted molar refractivity (Wildman–Crippen MR) is 129 cm³/mol. The highest BCUT2D eigenvalue weighted by atomic mass is 32.2. The molecule has 14 heteroatoms. The van der Waals surface area contributed by atoms with Gasteiger partial charge in [0.2, 0.25) is 10.0 Å². The predicted octanol–water partition coefficient (Wildman–Crippen LogP) is 1.65. The number of carbonyl (C=O) groups excluding carboxylic acids is 2. The summed E-state index contributed by atoms with van der Waals surface area (Å²) in [7, 11) is -8.26. The fourth-order valence-electron chi connectivity index (χ4n) is 3.70. The highest BCUT2D eigenvalue weighted by Gasteiger charge is 2.40. The lowest BCUT2D eigenvalue weighted by atomic mass is 10.1. The van der Waals surface area contributed by atoms with Crippen LogP contribution in [0.15, 0.2) is 82.8 Å². The van der Waals surface area contributed by atoms with Gasteiger partial charge in [0.25, 0.3) is 21.8 Å². The molecule has 3 aromatic rings. The third-order valence-electron chi connectivity index (χ3n) is 5.51. The first-order chi connectivity index (χ1) is 17.6. The number of carbonyl (C=O) groups is 2. The number of ether oxygens (including phenoxy) is 1. The maximum absolute atomic E-state index is 12.9. The maximum Gasteiger partial charge on any atom is 0.269 e. The molecule has 0 spiro atoms. The Balaban J connectivity index is 1.42. The van der Waals surface area contributed by atoms with Gasteiger partial charge < -0.3 is 4.74 Å². The van der Waals surface area contributed by atoms with Crippen molar-refractivity contribution in [2.75, 3.05) is 6.54 Å². The topological polar surface area (TPSA) is 172 Å². The van der Waals surface area contributed by atoms with Gasteiger partial charge in [-0.05, 0) is 61.4 Å². The van der Waals surface area contributed by atoms with Crippen LogP contribution >= 0.6 is 0 Å². The summed E-state index contributed by atoms with van der Waals surface area (Å²) in [6, 6.07) is 13.0. The number of pyridine rings is 1. The minimum Gasteiger partial charge on any atom is -0.457 e. The van der Waals surface area contributed by atoms with Crippen LogP contribution in [-0.2, 0) is 24.8 Å². The molecule has 1 atom stereocenters. The summed E-state index contributed by atoms with van der Waals surface area (Å²) >= 11 is 0. The van der Waals surface area contributed by atoms with E-state index < -0.39 is 37.9 Å². The van der Waals surface area contributed by atoms with Crippen LogP contribution < -0.4 is 14.9 Å². The van der Waals surface area contributed by atoms with Crippen LogP contribution in [0.1, 0.15) is 23.2 Å². The summed E-state index contributed by atoms with van der Waals surface area (Å²) in [6.45, 7) is -0.284. The molecular formula is C23H22N4O8S2. The molecule has 0 saturated heterocycles. The number of benzene rings is 2. The third kappa shape index (κ3) is 5.61. The van der Waals surface area contributed by atoms with E-state index in [4.69, 9.17) is 9.94 Å². The largest absolute Gasteiger partial charge is 0.457 e. The molecule has 12 nitrogen and oxygen atoms in total. The molecule has 1 aliphatic heterocycles. The van der Waals surface area contributed by atoms with Gasteiger partial charge in [-0.2, -0.15) is 4.72 Å². The van der Waals surface area contributed by atoms with Crippen molar-refractivity contribution in [3.05, 3.63) is 78.6 Å². The van der Waals surface area contributed by atoms with Gasteiger partial charge in [0.05, 0.1) is 10.5 Å². The number of hydrogen-bond donors (Lipinski definition) is 3. The molecule has 0 saturated carbocycles. The number of rotatable bonds is 10. The Morgan fingerprint density at radius 1 is 1.03 bits per heavy atom. The van der Waals surface area contributed by atoms with Crippen molar-refractivity contribution in [1.82, 2.24) is 19.5 Å². The normalized spacial score (nSPS) is 15.2. The van der Waals surface area contributed by atoms with E-state index >= 15 is 0 Å². The van der Waals surface area contributed by atoms with Crippen molar-refractivity contribution in [1.29, 1.82) is 0 Å². The molecule has 4 rings (SSSR count). The molecule has 0 radical (unpaired) electrons. The molecule has 2 heterocycles. The molecule has 2 aromatic carbocycles.